The number of esters is 2. The Morgan fingerprint density at radius 1 is 1.00 bits per heavy atom. The molecule has 3 rings (SSSR count). The maximum absolute atomic E-state index is 12.9. The van der Waals surface area contributed by atoms with Crippen LogP contribution in [0, 0.1) is 28.6 Å². The van der Waals surface area contributed by atoms with Gasteiger partial charge in [0.15, 0.2) is 0 Å². The summed E-state index contributed by atoms with van der Waals surface area (Å²) >= 11 is 0. The van der Waals surface area contributed by atoms with Crippen LogP contribution >= 0.6 is 0 Å². The third-order valence-electron chi connectivity index (χ3n) is 9.25. The van der Waals surface area contributed by atoms with Gasteiger partial charge in [0.05, 0.1) is 31.6 Å². The van der Waals surface area contributed by atoms with Crippen molar-refractivity contribution in [2.75, 3.05) is 0 Å². The lowest BCUT2D eigenvalue weighted by Gasteiger charge is -2.61. The van der Waals surface area contributed by atoms with Crippen LogP contribution in [0.4, 0.5) is 0 Å². The van der Waals surface area contributed by atoms with Gasteiger partial charge in [0.1, 0.15) is 17.6 Å². The van der Waals surface area contributed by atoms with Crippen molar-refractivity contribution in [1.82, 2.24) is 0 Å². The Morgan fingerprint density at radius 2 is 1.65 bits per heavy atom. The number of carboxylic acid groups (broad SMARTS) is 2. The molecule has 0 saturated heterocycles. The van der Waals surface area contributed by atoms with Gasteiger partial charge in [0, 0.05) is 12.3 Å². The number of hydrogen-bond acceptors (Lipinski definition) is 7. The van der Waals surface area contributed by atoms with Crippen LogP contribution in [-0.4, -0.2) is 46.0 Å². The lowest BCUT2D eigenvalue weighted by molar-refractivity contribution is -0.179. The van der Waals surface area contributed by atoms with Crippen molar-refractivity contribution in [1.29, 1.82) is 0 Å². The monoisotopic (exact) mass is 560 g/mol. The maximum atomic E-state index is 12.9. The summed E-state index contributed by atoms with van der Waals surface area (Å²) in [6.07, 6.45) is 8.55. The summed E-state index contributed by atoms with van der Waals surface area (Å²) in [5, 5.41) is 18.1. The first-order chi connectivity index (χ1) is 18.8. The number of aliphatic carboxylic acids is 2. The third kappa shape index (κ3) is 7.21. The number of carbonyl (C=O) groups is 5. The zero-order valence-electron chi connectivity index (χ0n) is 24.2. The summed E-state index contributed by atoms with van der Waals surface area (Å²) in [5.74, 6) is -3.91. The Labute approximate surface area is 236 Å². The highest BCUT2D eigenvalue weighted by Crippen LogP contribution is 2.65. The molecule has 2 saturated carbocycles. The fourth-order valence-corrected chi connectivity index (χ4v) is 6.74. The van der Waals surface area contributed by atoms with Gasteiger partial charge < -0.3 is 19.7 Å². The molecule has 0 radical (unpaired) electrons. The predicted molar refractivity (Wildman–Crippen MR) is 146 cm³/mol. The van der Waals surface area contributed by atoms with Crippen LogP contribution in [0.5, 0.6) is 0 Å². The second-order valence-corrected chi connectivity index (χ2v) is 12.4. The molecular formula is C31H44O9. The van der Waals surface area contributed by atoms with Crippen LogP contribution in [0.3, 0.4) is 0 Å². The van der Waals surface area contributed by atoms with E-state index in [1.54, 1.807) is 0 Å². The molecule has 5 atom stereocenters. The number of rotatable bonds is 15. The number of hydrogen-bond donors (Lipinski definition) is 2. The first-order valence-corrected chi connectivity index (χ1v) is 14.6. The van der Waals surface area contributed by atoms with Crippen molar-refractivity contribution < 1.29 is 43.7 Å². The molecule has 3 aliphatic carbocycles. The molecule has 0 aromatic rings. The lowest BCUT2D eigenvalue weighted by atomic mass is 9.42. The van der Waals surface area contributed by atoms with Gasteiger partial charge in [0.25, 0.3) is 0 Å². The highest BCUT2D eigenvalue weighted by Gasteiger charge is 2.64. The minimum atomic E-state index is -1.11. The molecule has 222 valence electrons. The van der Waals surface area contributed by atoms with Gasteiger partial charge >= 0.3 is 23.9 Å². The Kier molecular flexibility index (Phi) is 10.4. The van der Waals surface area contributed by atoms with E-state index in [-0.39, 0.29) is 54.5 Å². The summed E-state index contributed by atoms with van der Waals surface area (Å²) in [6, 6.07) is 0. The third-order valence-corrected chi connectivity index (χ3v) is 9.25. The summed E-state index contributed by atoms with van der Waals surface area (Å²) < 4.78 is 11.8. The molecule has 2 N–H and O–H groups in total. The van der Waals surface area contributed by atoms with Crippen LogP contribution in [0.25, 0.3) is 0 Å². The fourth-order valence-electron chi connectivity index (χ4n) is 6.74. The molecule has 2 bridgehead atoms. The molecule has 9 heteroatoms. The molecule has 9 nitrogen and oxygen atoms in total. The van der Waals surface area contributed by atoms with Gasteiger partial charge in [-0.05, 0) is 53.7 Å². The number of carbonyl (C=O) groups excluding carboxylic acids is 3. The molecule has 0 aromatic carbocycles. The van der Waals surface area contributed by atoms with Crippen LogP contribution in [-0.2, 0) is 33.4 Å². The van der Waals surface area contributed by atoms with Crippen LogP contribution in [0.1, 0.15) is 105 Å². The topological polar surface area (TPSA) is 144 Å². The first kappa shape index (κ1) is 31.6. The first-order valence-electron chi connectivity index (χ1n) is 14.6. The van der Waals surface area contributed by atoms with E-state index in [0.717, 1.165) is 44.1 Å². The SMILES string of the molecule is CCCCCCC(C)(C)C1=CC(OC(=O)CCC(=O)O)C(C2(C)[C@@H]3CCC(=O)[C@H]2C3)C(OC(=O)CCC(=O)O)=C1. The van der Waals surface area contributed by atoms with E-state index in [4.69, 9.17) is 19.7 Å². The second kappa shape index (κ2) is 13.1. The number of unbranched alkanes of at least 4 members (excludes halogenated alkanes) is 3. The van der Waals surface area contributed by atoms with E-state index < -0.39 is 41.3 Å². The standard InChI is InChI=1S/C31H44O9/c1-5-6-7-8-15-30(2,3)20-17-23(39-27(37)13-11-25(33)34)29(24(18-20)40-28(38)14-12-26(35)36)31(4)19-9-10-22(32)21(31)16-19/h17-19,21,23,29H,5-16H2,1-4H3,(H,33,34)(H,35,36)/t19-,21-,23?,29?,31?/m1/s1. The van der Waals surface area contributed by atoms with Gasteiger partial charge in [-0.2, -0.15) is 0 Å². The van der Waals surface area contributed by atoms with Crippen molar-refractivity contribution in [2.24, 2.45) is 28.6 Å². The van der Waals surface area contributed by atoms with Gasteiger partial charge in [-0.3, -0.25) is 24.0 Å². The van der Waals surface area contributed by atoms with Crippen LogP contribution < -0.4 is 0 Å². The molecule has 0 aromatic heterocycles. The molecule has 0 heterocycles. The Bertz CT molecular complexity index is 1070. The summed E-state index contributed by atoms with van der Waals surface area (Å²) in [4.78, 5) is 60.8. The number of Topliss-reactive ketones (excluding diaryl/α,β-unsaturated/α-hetero) is 1. The van der Waals surface area contributed by atoms with Crippen molar-refractivity contribution >= 4 is 29.7 Å². The smallest absolute Gasteiger partial charge is 0.311 e. The average Bonchev–Trinajstić information content (AvgIpc) is 2.88. The number of ketones is 1. The minimum absolute atomic E-state index is 0.142. The Hall–Kier alpha value is -2.97. The largest absolute Gasteiger partial charge is 0.481 e. The molecule has 3 aliphatic rings. The fraction of sp³-hybridized carbons (Fsp3) is 0.710. The zero-order valence-corrected chi connectivity index (χ0v) is 24.2. The summed E-state index contributed by atoms with van der Waals surface area (Å²) in [5.41, 5.74) is -0.147. The zero-order chi connectivity index (χ0) is 29.7. The molecule has 0 aliphatic heterocycles. The molecule has 2 fully saturated rings. The van der Waals surface area contributed by atoms with E-state index in [0.29, 0.717) is 12.8 Å². The molecular weight excluding hydrogens is 516 g/mol. The van der Waals surface area contributed by atoms with Crippen molar-refractivity contribution in [3.63, 3.8) is 0 Å². The van der Waals surface area contributed by atoms with Crippen molar-refractivity contribution in [2.45, 2.75) is 111 Å². The molecule has 0 amide bonds. The number of allylic oxidation sites excluding steroid dienone is 2. The van der Waals surface area contributed by atoms with E-state index in [9.17, 15) is 24.0 Å². The molecule has 3 unspecified atom stereocenters. The highest BCUT2D eigenvalue weighted by atomic mass is 16.6. The lowest BCUT2D eigenvalue weighted by Crippen LogP contribution is -2.61. The van der Waals surface area contributed by atoms with E-state index in [2.05, 4.69) is 20.8 Å². The molecule has 0 spiro atoms. The minimum Gasteiger partial charge on any atom is -0.481 e. The van der Waals surface area contributed by atoms with E-state index in [1.165, 1.54) is 0 Å². The van der Waals surface area contributed by atoms with Crippen molar-refractivity contribution in [3.05, 3.63) is 23.5 Å². The predicted octanol–water partition coefficient (Wildman–Crippen LogP) is 5.61. The summed E-state index contributed by atoms with van der Waals surface area (Å²) in [6.45, 7) is 8.29. The number of ether oxygens (including phenoxy) is 2. The summed E-state index contributed by atoms with van der Waals surface area (Å²) in [7, 11) is 0. The van der Waals surface area contributed by atoms with Crippen molar-refractivity contribution in [3.8, 4) is 0 Å². The van der Waals surface area contributed by atoms with Crippen LogP contribution in [0.2, 0.25) is 0 Å². The van der Waals surface area contributed by atoms with Gasteiger partial charge in [-0.1, -0.05) is 53.4 Å². The Morgan fingerprint density at radius 3 is 2.23 bits per heavy atom. The van der Waals surface area contributed by atoms with Gasteiger partial charge in [-0.15, -0.1) is 0 Å². The maximum Gasteiger partial charge on any atom is 0.311 e. The number of carboxylic acids is 2. The van der Waals surface area contributed by atoms with E-state index >= 15 is 0 Å². The normalized spacial score (nSPS) is 27.6. The second-order valence-electron chi connectivity index (χ2n) is 12.4. The van der Waals surface area contributed by atoms with Gasteiger partial charge in [0.2, 0.25) is 0 Å². The highest BCUT2D eigenvalue weighted by molar-refractivity contribution is 5.85. The molecule has 40 heavy (non-hydrogen) atoms. The van der Waals surface area contributed by atoms with Crippen LogP contribution in [0.15, 0.2) is 23.5 Å². The number of fused-ring (bicyclic) bond motifs is 2. The quantitative estimate of drug-likeness (QED) is 0.193. The average molecular weight is 561 g/mol. The van der Waals surface area contributed by atoms with E-state index in [1.807, 2.05) is 19.1 Å². The Balaban J connectivity index is 2.01. The van der Waals surface area contributed by atoms with Gasteiger partial charge in [-0.25, -0.2) is 0 Å².